The highest BCUT2D eigenvalue weighted by molar-refractivity contribution is 6.34. The molecule has 1 spiro atoms. The summed E-state index contributed by atoms with van der Waals surface area (Å²) in [6, 6.07) is 13.9. The minimum atomic E-state index is -1.53. The zero-order valence-electron chi connectivity index (χ0n) is 16.2. The van der Waals surface area contributed by atoms with Gasteiger partial charge in [-0.1, -0.05) is 18.2 Å². The third-order valence-corrected chi connectivity index (χ3v) is 5.82. The van der Waals surface area contributed by atoms with Crippen LogP contribution < -0.4 is 10.1 Å². The highest BCUT2D eigenvalue weighted by atomic mass is 16.6. The van der Waals surface area contributed by atoms with Gasteiger partial charge in [-0.15, -0.1) is 0 Å². The number of fused-ring (bicyclic) bond motifs is 6. The number of ether oxygens (including phenoxy) is 2. The lowest BCUT2D eigenvalue weighted by Crippen LogP contribution is -2.34. The Labute approximate surface area is 180 Å². The quantitative estimate of drug-likeness (QED) is 0.403. The number of esters is 1. The summed E-state index contributed by atoms with van der Waals surface area (Å²) in [7, 11) is 0. The second-order valence-corrected chi connectivity index (χ2v) is 7.64. The van der Waals surface area contributed by atoms with Crippen LogP contribution in [0.1, 0.15) is 32.6 Å². The molecule has 3 aromatic rings. The largest absolute Gasteiger partial charge is 0.508 e. The summed E-state index contributed by atoms with van der Waals surface area (Å²) in [6.45, 7) is 0. The number of nitrogens with one attached hydrogen (secondary N) is 1. The molecule has 156 valence electrons. The number of amides is 2. The molecule has 3 aliphatic heterocycles. The van der Waals surface area contributed by atoms with Crippen molar-refractivity contribution in [1.82, 2.24) is 5.32 Å². The van der Waals surface area contributed by atoms with E-state index in [0.717, 1.165) is 6.08 Å². The van der Waals surface area contributed by atoms with E-state index >= 15 is 0 Å². The van der Waals surface area contributed by atoms with E-state index in [9.17, 15) is 24.6 Å². The molecule has 1 atom stereocenters. The van der Waals surface area contributed by atoms with Crippen molar-refractivity contribution in [2.45, 2.75) is 5.60 Å². The minimum Gasteiger partial charge on any atom is -0.508 e. The van der Waals surface area contributed by atoms with E-state index in [1.807, 2.05) is 0 Å². The number of rotatable bonds is 1. The summed E-state index contributed by atoms with van der Waals surface area (Å²) in [4.78, 5) is 37.3. The molecule has 1 unspecified atom stereocenters. The summed E-state index contributed by atoms with van der Waals surface area (Å²) >= 11 is 0. The van der Waals surface area contributed by atoms with E-state index in [0.29, 0.717) is 22.3 Å². The molecule has 3 heterocycles. The van der Waals surface area contributed by atoms with Crippen LogP contribution in [0.2, 0.25) is 0 Å². The SMILES string of the molecule is O=C1C=C(c2cc(O)cc3c2C2(OC(=O)c4ccccc42)c2ccc(O)cc2O3)C(=O)N1. The van der Waals surface area contributed by atoms with Gasteiger partial charge in [-0.3, -0.25) is 14.9 Å². The fourth-order valence-corrected chi connectivity index (χ4v) is 4.61. The lowest BCUT2D eigenvalue weighted by molar-refractivity contribution is -0.123. The summed E-state index contributed by atoms with van der Waals surface area (Å²) in [5.74, 6) is -1.76. The van der Waals surface area contributed by atoms with Gasteiger partial charge in [0.05, 0.1) is 16.7 Å². The Hall–Kier alpha value is -4.59. The third-order valence-electron chi connectivity index (χ3n) is 5.82. The molecule has 0 saturated carbocycles. The molecular formula is C24H13NO7. The number of aromatic hydroxyl groups is 2. The Balaban J connectivity index is 1.76. The topological polar surface area (TPSA) is 122 Å². The van der Waals surface area contributed by atoms with Gasteiger partial charge in [-0.2, -0.15) is 0 Å². The highest BCUT2D eigenvalue weighted by Gasteiger charge is 2.55. The normalized spacial score (nSPS) is 20.1. The fourth-order valence-electron chi connectivity index (χ4n) is 4.61. The number of hydrogen-bond acceptors (Lipinski definition) is 7. The van der Waals surface area contributed by atoms with Crippen LogP contribution in [0, 0.1) is 0 Å². The molecule has 3 aromatic carbocycles. The van der Waals surface area contributed by atoms with Gasteiger partial charge in [0, 0.05) is 34.9 Å². The summed E-state index contributed by atoms with van der Waals surface area (Å²) in [6.07, 6.45) is 1.13. The molecular weight excluding hydrogens is 414 g/mol. The first-order valence-corrected chi connectivity index (χ1v) is 9.67. The van der Waals surface area contributed by atoms with Crippen LogP contribution in [0.3, 0.4) is 0 Å². The zero-order valence-corrected chi connectivity index (χ0v) is 16.2. The minimum absolute atomic E-state index is 0.00721. The molecule has 8 nitrogen and oxygen atoms in total. The maximum Gasteiger partial charge on any atom is 0.340 e. The Morgan fingerprint density at radius 3 is 2.38 bits per heavy atom. The van der Waals surface area contributed by atoms with Crippen molar-refractivity contribution in [2.24, 2.45) is 0 Å². The van der Waals surface area contributed by atoms with Crippen LogP contribution in [0.15, 0.2) is 60.7 Å². The van der Waals surface area contributed by atoms with Gasteiger partial charge in [0.25, 0.3) is 11.8 Å². The zero-order chi connectivity index (χ0) is 22.2. The molecule has 0 bridgehead atoms. The molecule has 3 aliphatic rings. The lowest BCUT2D eigenvalue weighted by Gasteiger charge is -2.38. The van der Waals surface area contributed by atoms with Crippen LogP contribution in [-0.2, 0) is 19.9 Å². The standard InChI is InChI=1S/C24H13NO7/c26-11-5-6-17-18(8-11)31-19-9-12(27)7-14(15-10-20(28)25-22(15)29)21(19)24(17)16-4-2-1-3-13(16)23(30)32-24/h1-10,26-27H,(H,25,28,29). The highest BCUT2D eigenvalue weighted by Crippen LogP contribution is 2.58. The molecule has 0 aliphatic carbocycles. The third kappa shape index (κ3) is 2.23. The van der Waals surface area contributed by atoms with Gasteiger partial charge in [0.2, 0.25) is 0 Å². The van der Waals surface area contributed by atoms with Crippen LogP contribution in [0.5, 0.6) is 23.0 Å². The van der Waals surface area contributed by atoms with Gasteiger partial charge < -0.3 is 19.7 Å². The van der Waals surface area contributed by atoms with Gasteiger partial charge in [-0.05, 0) is 24.3 Å². The second-order valence-electron chi connectivity index (χ2n) is 7.64. The smallest absolute Gasteiger partial charge is 0.340 e. The van der Waals surface area contributed by atoms with Gasteiger partial charge in [0.15, 0.2) is 5.60 Å². The molecule has 0 fully saturated rings. The maximum atomic E-state index is 12.9. The molecule has 8 heteroatoms. The Morgan fingerprint density at radius 1 is 0.812 bits per heavy atom. The predicted molar refractivity (Wildman–Crippen MR) is 109 cm³/mol. The van der Waals surface area contributed by atoms with E-state index < -0.39 is 23.4 Å². The molecule has 6 rings (SSSR count). The van der Waals surface area contributed by atoms with Crippen molar-refractivity contribution >= 4 is 23.4 Å². The number of imide groups is 1. The second kappa shape index (κ2) is 5.98. The molecule has 0 aromatic heterocycles. The van der Waals surface area contributed by atoms with Crippen LogP contribution in [-0.4, -0.2) is 28.0 Å². The first kappa shape index (κ1) is 18.2. The fraction of sp³-hybridized carbons (Fsp3) is 0.0417. The maximum absolute atomic E-state index is 12.9. The number of carbonyl (C=O) groups excluding carboxylic acids is 3. The molecule has 2 amide bonds. The summed E-state index contributed by atoms with van der Waals surface area (Å²) in [5, 5.41) is 22.6. The Kier molecular flexibility index (Phi) is 3.40. The Morgan fingerprint density at radius 2 is 1.59 bits per heavy atom. The number of carbonyl (C=O) groups is 3. The van der Waals surface area contributed by atoms with E-state index in [4.69, 9.17) is 9.47 Å². The summed E-state index contributed by atoms with van der Waals surface area (Å²) in [5.41, 5.74) is 0.235. The average Bonchev–Trinajstić information content (AvgIpc) is 3.24. The van der Waals surface area contributed by atoms with E-state index in [2.05, 4.69) is 5.32 Å². The van der Waals surface area contributed by atoms with Gasteiger partial charge >= 0.3 is 5.97 Å². The van der Waals surface area contributed by atoms with Crippen molar-refractivity contribution in [2.75, 3.05) is 0 Å². The first-order valence-electron chi connectivity index (χ1n) is 9.67. The van der Waals surface area contributed by atoms with Crippen LogP contribution in [0.4, 0.5) is 0 Å². The van der Waals surface area contributed by atoms with E-state index in [1.54, 1.807) is 30.3 Å². The lowest BCUT2D eigenvalue weighted by atomic mass is 9.74. The van der Waals surface area contributed by atoms with Crippen molar-refractivity contribution in [3.63, 3.8) is 0 Å². The van der Waals surface area contributed by atoms with E-state index in [1.165, 1.54) is 24.3 Å². The van der Waals surface area contributed by atoms with Gasteiger partial charge in [-0.25, -0.2) is 4.79 Å². The molecule has 0 saturated heterocycles. The van der Waals surface area contributed by atoms with Crippen LogP contribution in [0.25, 0.3) is 5.57 Å². The summed E-state index contributed by atoms with van der Waals surface area (Å²) < 4.78 is 12.0. The van der Waals surface area contributed by atoms with Crippen LogP contribution >= 0.6 is 0 Å². The first-order chi connectivity index (χ1) is 15.4. The number of phenolic OH excluding ortho intramolecular Hbond substituents is 2. The number of phenols is 2. The number of hydrogen-bond donors (Lipinski definition) is 3. The van der Waals surface area contributed by atoms with Crippen molar-refractivity contribution in [1.29, 1.82) is 0 Å². The van der Waals surface area contributed by atoms with Gasteiger partial charge in [0.1, 0.15) is 23.0 Å². The molecule has 32 heavy (non-hydrogen) atoms. The Bertz CT molecular complexity index is 1440. The van der Waals surface area contributed by atoms with Crippen molar-refractivity contribution < 1.29 is 34.1 Å². The molecule has 0 radical (unpaired) electrons. The van der Waals surface area contributed by atoms with Crippen molar-refractivity contribution in [3.8, 4) is 23.0 Å². The monoisotopic (exact) mass is 427 g/mol. The molecule has 3 N–H and O–H groups in total. The van der Waals surface area contributed by atoms with Crippen molar-refractivity contribution in [3.05, 3.63) is 88.5 Å². The van der Waals surface area contributed by atoms with E-state index in [-0.39, 0.29) is 34.1 Å². The number of benzene rings is 3. The average molecular weight is 427 g/mol. The predicted octanol–water partition coefficient (Wildman–Crippen LogP) is 2.71.